The number of piperidine rings is 1. The van der Waals surface area contributed by atoms with Gasteiger partial charge in [0.1, 0.15) is 5.69 Å². The van der Waals surface area contributed by atoms with Gasteiger partial charge in [-0.3, -0.25) is 14.6 Å². The number of carbonyl (C=O) groups excluding carboxylic acids is 2. The van der Waals surface area contributed by atoms with Crippen molar-refractivity contribution in [2.24, 2.45) is 11.7 Å². The van der Waals surface area contributed by atoms with Crippen molar-refractivity contribution in [1.29, 1.82) is 0 Å². The molecule has 0 spiro atoms. The van der Waals surface area contributed by atoms with E-state index in [-0.39, 0.29) is 11.8 Å². The van der Waals surface area contributed by atoms with E-state index >= 15 is 0 Å². The monoisotopic (exact) mass is 290 g/mol. The van der Waals surface area contributed by atoms with E-state index in [0.717, 1.165) is 18.4 Å². The molecule has 6 nitrogen and oxygen atoms in total. The second-order valence-corrected chi connectivity index (χ2v) is 5.43. The van der Waals surface area contributed by atoms with Gasteiger partial charge in [-0.05, 0) is 30.4 Å². The quantitative estimate of drug-likeness (QED) is 0.846. The Balaban J connectivity index is 1.86. The van der Waals surface area contributed by atoms with Gasteiger partial charge in [-0.2, -0.15) is 0 Å². The molecule has 0 saturated carbocycles. The lowest BCUT2D eigenvalue weighted by Crippen LogP contribution is -2.41. The molecule has 0 unspecified atom stereocenters. The summed E-state index contributed by atoms with van der Waals surface area (Å²) in [7, 11) is 0. The summed E-state index contributed by atoms with van der Waals surface area (Å²) in [4.78, 5) is 29.2. The minimum atomic E-state index is -0.0310. The Labute approximate surface area is 124 Å². The molecule has 1 aliphatic heterocycles. The van der Waals surface area contributed by atoms with Crippen LogP contribution in [0.2, 0.25) is 0 Å². The summed E-state index contributed by atoms with van der Waals surface area (Å²) in [5.74, 6) is 0.416. The number of likely N-dealkylation sites (tertiary alicyclic amines) is 1. The van der Waals surface area contributed by atoms with Crippen molar-refractivity contribution in [1.82, 2.24) is 15.2 Å². The topological polar surface area (TPSA) is 88.3 Å². The lowest BCUT2D eigenvalue weighted by Gasteiger charge is -2.31. The fraction of sp³-hybridized carbons (Fsp3) is 0.533. The fourth-order valence-corrected chi connectivity index (χ4v) is 2.46. The first-order chi connectivity index (χ1) is 10.1. The summed E-state index contributed by atoms with van der Waals surface area (Å²) in [6.45, 7) is 4.07. The van der Waals surface area contributed by atoms with Crippen LogP contribution in [0, 0.1) is 5.92 Å². The zero-order chi connectivity index (χ0) is 15.2. The van der Waals surface area contributed by atoms with Gasteiger partial charge < -0.3 is 16.0 Å². The van der Waals surface area contributed by atoms with Crippen molar-refractivity contribution >= 4 is 11.8 Å². The summed E-state index contributed by atoms with van der Waals surface area (Å²) in [6.07, 6.45) is 3.47. The number of aromatic nitrogens is 1. The van der Waals surface area contributed by atoms with Crippen LogP contribution in [0.1, 0.15) is 35.8 Å². The highest BCUT2D eigenvalue weighted by Crippen LogP contribution is 2.18. The van der Waals surface area contributed by atoms with E-state index in [0.29, 0.717) is 37.8 Å². The van der Waals surface area contributed by atoms with Crippen LogP contribution in [0.25, 0.3) is 0 Å². The lowest BCUT2D eigenvalue weighted by molar-refractivity contribution is -0.119. The zero-order valence-electron chi connectivity index (χ0n) is 12.3. The molecule has 0 aliphatic carbocycles. The first kappa shape index (κ1) is 15.4. The van der Waals surface area contributed by atoms with Gasteiger partial charge in [-0.15, -0.1) is 0 Å². The van der Waals surface area contributed by atoms with Gasteiger partial charge in [0.25, 0.3) is 5.91 Å². The van der Waals surface area contributed by atoms with Crippen LogP contribution >= 0.6 is 0 Å². The summed E-state index contributed by atoms with van der Waals surface area (Å²) in [5.41, 5.74) is 6.90. The van der Waals surface area contributed by atoms with Crippen LogP contribution in [0.5, 0.6) is 0 Å². The lowest BCUT2D eigenvalue weighted by atomic mass is 9.96. The smallest absolute Gasteiger partial charge is 0.272 e. The van der Waals surface area contributed by atoms with Gasteiger partial charge in [0.05, 0.1) is 0 Å². The predicted octanol–water partition coefficient (Wildman–Crippen LogP) is 0.529. The number of hydrogen-bond acceptors (Lipinski definition) is 4. The number of amides is 2. The van der Waals surface area contributed by atoms with Crippen LogP contribution in [-0.2, 0) is 11.3 Å². The number of hydrogen-bond donors (Lipinski definition) is 2. The minimum absolute atomic E-state index is 0.00213. The SMILES string of the molecule is CC(=O)NCC1CCN(C(=O)c2ccc(CN)cn2)CC1. The Morgan fingerprint density at radius 2 is 2.10 bits per heavy atom. The van der Waals surface area contributed by atoms with Gasteiger partial charge in [0.15, 0.2) is 0 Å². The van der Waals surface area contributed by atoms with Crippen LogP contribution in [0.3, 0.4) is 0 Å². The molecule has 2 amide bonds. The third-order valence-electron chi connectivity index (χ3n) is 3.82. The minimum Gasteiger partial charge on any atom is -0.356 e. The first-order valence-corrected chi connectivity index (χ1v) is 7.29. The number of nitrogens with one attached hydrogen (secondary N) is 1. The molecule has 1 fully saturated rings. The molecule has 114 valence electrons. The maximum atomic E-state index is 12.3. The average molecular weight is 290 g/mol. The predicted molar refractivity (Wildman–Crippen MR) is 79.4 cm³/mol. The Hall–Kier alpha value is -1.95. The van der Waals surface area contributed by atoms with Gasteiger partial charge in [0.2, 0.25) is 5.91 Å². The standard InChI is InChI=1S/C15H22N4O2/c1-11(20)17-9-12-4-6-19(7-5-12)15(21)14-3-2-13(8-16)10-18-14/h2-3,10,12H,4-9,16H2,1H3,(H,17,20). The van der Waals surface area contributed by atoms with E-state index in [2.05, 4.69) is 10.3 Å². The van der Waals surface area contributed by atoms with Crippen molar-refractivity contribution in [2.45, 2.75) is 26.3 Å². The molecule has 21 heavy (non-hydrogen) atoms. The van der Waals surface area contributed by atoms with Crippen molar-refractivity contribution in [3.05, 3.63) is 29.6 Å². The van der Waals surface area contributed by atoms with Crippen LogP contribution in [-0.4, -0.2) is 41.3 Å². The summed E-state index contributed by atoms with van der Waals surface area (Å²) >= 11 is 0. The molecule has 1 aromatic heterocycles. The molecular weight excluding hydrogens is 268 g/mol. The summed E-state index contributed by atoms with van der Waals surface area (Å²) in [5, 5.41) is 2.84. The molecule has 2 rings (SSSR count). The summed E-state index contributed by atoms with van der Waals surface area (Å²) in [6, 6.07) is 3.57. The van der Waals surface area contributed by atoms with E-state index in [1.165, 1.54) is 6.92 Å². The molecule has 0 atom stereocenters. The van der Waals surface area contributed by atoms with Crippen LogP contribution < -0.4 is 11.1 Å². The van der Waals surface area contributed by atoms with Crippen molar-refractivity contribution in [3.8, 4) is 0 Å². The highest BCUT2D eigenvalue weighted by atomic mass is 16.2. The van der Waals surface area contributed by atoms with E-state index in [1.807, 2.05) is 11.0 Å². The van der Waals surface area contributed by atoms with Crippen LogP contribution in [0.4, 0.5) is 0 Å². The third kappa shape index (κ3) is 4.26. The van der Waals surface area contributed by atoms with Gasteiger partial charge >= 0.3 is 0 Å². The number of nitrogens with two attached hydrogens (primary N) is 1. The molecule has 0 aromatic carbocycles. The van der Waals surface area contributed by atoms with E-state index in [4.69, 9.17) is 5.73 Å². The van der Waals surface area contributed by atoms with Crippen molar-refractivity contribution in [3.63, 3.8) is 0 Å². The molecule has 0 radical (unpaired) electrons. The second kappa shape index (κ2) is 7.17. The maximum Gasteiger partial charge on any atom is 0.272 e. The third-order valence-corrected chi connectivity index (χ3v) is 3.82. The number of pyridine rings is 1. The molecule has 0 bridgehead atoms. The Morgan fingerprint density at radius 3 is 2.62 bits per heavy atom. The first-order valence-electron chi connectivity index (χ1n) is 7.29. The molecule has 1 aromatic rings. The number of rotatable bonds is 4. The molecule has 2 heterocycles. The molecule has 6 heteroatoms. The highest BCUT2D eigenvalue weighted by molar-refractivity contribution is 5.92. The molecular formula is C15H22N4O2. The number of carbonyl (C=O) groups is 2. The normalized spacial score (nSPS) is 15.8. The Bertz CT molecular complexity index is 493. The van der Waals surface area contributed by atoms with E-state index in [1.54, 1.807) is 12.3 Å². The highest BCUT2D eigenvalue weighted by Gasteiger charge is 2.24. The number of nitrogens with zero attached hydrogens (tertiary/aromatic N) is 2. The van der Waals surface area contributed by atoms with Crippen LogP contribution in [0.15, 0.2) is 18.3 Å². The van der Waals surface area contributed by atoms with E-state index < -0.39 is 0 Å². The Kier molecular flexibility index (Phi) is 5.27. The largest absolute Gasteiger partial charge is 0.356 e. The van der Waals surface area contributed by atoms with Crippen molar-refractivity contribution in [2.75, 3.05) is 19.6 Å². The average Bonchev–Trinajstić information content (AvgIpc) is 2.53. The summed E-state index contributed by atoms with van der Waals surface area (Å²) < 4.78 is 0. The Morgan fingerprint density at radius 1 is 1.38 bits per heavy atom. The van der Waals surface area contributed by atoms with Crippen molar-refractivity contribution < 1.29 is 9.59 Å². The maximum absolute atomic E-state index is 12.3. The molecule has 1 aliphatic rings. The zero-order valence-corrected chi connectivity index (χ0v) is 12.3. The fourth-order valence-electron chi connectivity index (χ4n) is 2.46. The molecule has 1 saturated heterocycles. The van der Waals surface area contributed by atoms with E-state index in [9.17, 15) is 9.59 Å². The second-order valence-electron chi connectivity index (χ2n) is 5.43. The molecule has 3 N–H and O–H groups in total. The van der Waals surface area contributed by atoms with Gasteiger partial charge in [-0.1, -0.05) is 6.07 Å². The van der Waals surface area contributed by atoms with Gasteiger partial charge in [0, 0.05) is 39.3 Å². The van der Waals surface area contributed by atoms with Gasteiger partial charge in [-0.25, -0.2) is 0 Å².